The molecule has 0 bridgehead atoms. The monoisotopic (exact) mass is 538 g/mol. The van der Waals surface area contributed by atoms with Gasteiger partial charge in [0.2, 0.25) is 0 Å². The molecule has 9 aromatic rings. The highest BCUT2D eigenvalue weighted by Crippen LogP contribution is 2.77. The van der Waals surface area contributed by atoms with Gasteiger partial charge in [-0.25, -0.2) is 0 Å². The first-order valence-electron chi connectivity index (χ1n) is 14.2. The van der Waals surface area contributed by atoms with Crippen molar-refractivity contribution < 1.29 is 0 Å². The molecule has 41 heavy (non-hydrogen) atoms. The molecule has 0 saturated carbocycles. The van der Waals surface area contributed by atoms with Gasteiger partial charge in [-0.3, -0.25) is 7.94 Å². The summed E-state index contributed by atoms with van der Waals surface area (Å²) in [5.74, 6) is 0. The van der Waals surface area contributed by atoms with Gasteiger partial charge < -0.3 is 0 Å². The fourth-order valence-corrected chi connectivity index (χ4v) is 12.6. The van der Waals surface area contributed by atoms with Crippen LogP contribution in [0, 0.1) is 0 Å². The van der Waals surface area contributed by atoms with E-state index in [0.29, 0.717) is 0 Å². The van der Waals surface area contributed by atoms with E-state index in [1.807, 2.05) is 0 Å². The Morgan fingerprint density at radius 1 is 0.390 bits per heavy atom. The first-order chi connectivity index (χ1) is 20.4. The van der Waals surface area contributed by atoms with Crippen molar-refractivity contribution in [3.8, 4) is 11.1 Å². The van der Waals surface area contributed by atoms with E-state index in [1.165, 1.54) is 86.1 Å². The number of hydrogen-bond acceptors (Lipinski definition) is 0. The molecule has 0 unspecified atom stereocenters. The third-order valence-corrected chi connectivity index (χ3v) is 13.3. The summed E-state index contributed by atoms with van der Waals surface area (Å²) in [6.45, 7) is 0. The van der Waals surface area contributed by atoms with Crippen molar-refractivity contribution in [1.82, 2.24) is 7.94 Å². The molecule has 2 aliphatic heterocycles. The molecule has 4 heterocycles. The molecule has 11 rings (SSSR count). The molecule has 0 fully saturated rings. The third kappa shape index (κ3) is 2.12. The molecule has 0 radical (unpaired) electrons. The largest absolute Gasteiger partial charge is 0.277 e. The first kappa shape index (κ1) is 20.8. The van der Waals surface area contributed by atoms with Gasteiger partial charge >= 0.3 is 0 Å². The molecule has 190 valence electrons. The Morgan fingerprint density at radius 3 is 1.66 bits per heavy atom. The van der Waals surface area contributed by atoms with Crippen LogP contribution in [0.5, 0.6) is 0 Å². The van der Waals surface area contributed by atoms with E-state index in [0.717, 1.165) is 0 Å². The first-order valence-corrected chi connectivity index (χ1v) is 15.8. The summed E-state index contributed by atoms with van der Waals surface area (Å²) >= 11 is 0. The molecular weight excluding hydrogens is 516 g/mol. The summed E-state index contributed by atoms with van der Waals surface area (Å²) in [4.78, 5) is 2.84. The Labute approximate surface area is 237 Å². The lowest BCUT2D eigenvalue weighted by molar-refractivity contribution is 1.20. The van der Waals surface area contributed by atoms with Crippen molar-refractivity contribution >= 4 is 75.6 Å². The van der Waals surface area contributed by atoms with E-state index in [1.54, 1.807) is 0 Å². The SMILES string of the molecule is c1ccc2c(c1)-c1c(ccc3ccccc13)S21n2c3ccccc3c3ccc4ccc5c6ccccc6n1c5c4c32. The van der Waals surface area contributed by atoms with Gasteiger partial charge in [0.1, 0.15) is 0 Å². The van der Waals surface area contributed by atoms with Gasteiger partial charge in [0.05, 0.1) is 22.1 Å². The molecular formula is C38H22N2S. The number of fused-ring (bicyclic) bond motifs is 15. The average molecular weight is 539 g/mol. The fraction of sp³-hybridized carbons (Fsp3) is 0. The summed E-state index contributed by atoms with van der Waals surface area (Å²) in [7, 11) is -1.97. The standard InChI is InChI=1S/C38H22N2S/c1-2-10-25-23(9-1)19-22-34-36(25)30-13-5-8-16-33(30)41(34)39-31-14-6-3-11-26(31)28-20-17-24-18-21-29-27-12-4-7-15-32(27)40(41)38(29)35(24)37(28)39/h1-22H. The number of para-hydroxylation sites is 2. The minimum atomic E-state index is -1.97. The molecule has 2 nitrogen and oxygen atoms in total. The maximum absolute atomic E-state index is 2.78. The number of nitrogens with zero attached hydrogens (tertiary/aromatic N) is 2. The summed E-state index contributed by atoms with van der Waals surface area (Å²) in [6, 6.07) is 50.4. The fourth-order valence-electron chi connectivity index (χ4n) is 8.07. The molecule has 0 aliphatic carbocycles. The molecule has 0 amide bonds. The minimum absolute atomic E-state index is 1.29. The minimum Gasteiger partial charge on any atom is -0.277 e. The second-order valence-corrected chi connectivity index (χ2v) is 14.1. The van der Waals surface area contributed by atoms with Crippen LogP contribution < -0.4 is 0 Å². The predicted molar refractivity (Wildman–Crippen MR) is 174 cm³/mol. The zero-order valence-corrected chi connectivity index (χ0v) is 22.8. The normalized spacial score (nSPS) is 15.3. The molecule has 0 atom stereocenters. The van der Waals surface area contributed by atoms with Crippen LogP contribution in [-0.4, -0.2) is 7.94 Å². The summed E-state index contributed by atoms with van der Waals surface area (Å²) in [6.07, 6.45) is 0. The van der Waals surface area contributed by atoms with Crippen molar-refractivity contribution in [1.29, 1.82) is 0 Å². The van der Waals surface area contributed by atoms with E-state index in [-0.39, 0.29) is 0 Å². The van der Waals surface area contributed by atoms with Crippen LogP contribution in [0.1, 0.15) is 0 Å². The quantitative estimate of drug-likeness (QED) is 0.182. The molecule has 0 saturated heterocycles. The number of rotatable bonds is 0. The number of aromatic nitrogens is 2. The Hall–Kier alpha value is -4.99. The Kier molecular flexibility index (Phi) is 3.47. The summed E-state index contributed by atoms with van der Waals surface area (Å²) < 4.78 is 5.55. The number of benzene rings is 7. The Bertz CT molecular complexity index is 2540. The molecule has 1 spiro atoms. The molecule has 3 heteroatoms. The van der Waals surface area contributed by atoms with Gasteiger partial charge in [0.15, 0.2) is 0 Å². The predicted octanol–water partition coefficient (Wildman–Crippen LogP) is 10.7. The zero-order valence-electron chi connectivity index (χ0n) is 22.0. The van der Waals surface area contributed by atoms with Crippen LogP contribution in [0.4, 0.5) is 0 Å². The topological polar surface area (TPSA) is 9.86 Å². The van der Waals surface area contributed by atoms with Crippen LogP contribution in [0.2, 0.25) is 0 Å². The average Bonchev–Trinajstić information content (AvgIpc) is 3.66. The third-order valence-electron chi connectivity index (χ3n) is 9.55. The van der Waals surface area contributed by atoms with Gasteiger partial charge in [0, 0.05) is 42.3 Å². The van der Waals surface area contributed by atoms with E-state index in [9.17, 15) is 0 Å². The smallest absolute Gasteiger partial charge is 0.0710 e. The molecule has 2 aliphatic rings. The highest BCUT2D eigenvalue weighted by atomic mass is 32.3. The Balaban J connectivity index is 1.54. The lowest BCUT2D eigenvalue weighted by Gasteiger charge is -2.45. The molecule has 2 aromatic heterocycles. The highest BCUT2D eigenvalue weighted by molar-refractivity contribution is 8.32. The summed E-state index contributed by atoms with van der Waals surface area (Å²) in [5, 5.41) is 10.6. The molecule has 7 aromatic carbocycles. The van der Waals surface area contributed by atoms with Crippen molar-refractivity contribution in [3.63, 3.8) is 0 Å². The second-order valence-electron chi connectivity index (χ2n) is 11.3. The lowest BCUT2D eigenvalue weighted by atomic mass is 9.98. The van der Waals surface area contributed by atoms with Gasteiger partial charge in [0.25, 0.3) is 0 Å². The Morgan fingerprint density at radius 2 is 0.951 bits per heavy atom. The van der Waals surface area contributed by atoms with E-state index in [4.69, 9.17) is 0 Å². The van der Waals surface area contributed by atoms with Gasteiger partial charge in [-0.1, -0.05) is 109 Å². The van der Waals surface area contributed by atoms with Crippen LogP contribution in [-0.2, 0) is 0 Å². The van der Waals surface area contributed by atoms with Crippen LogP contribution in [0.25, 0.3) is 76.3 Å². The number of hydrogen-bond donors (Lipinski definition) is 0. The van der Waals surface area contributed by atoms with Crippen LogP contribution in [0.3, 0.4) is 0 Å². The van der Waals surface area contributed by atoms with Crippen LogP contribution >= 0.6 is 10.4 Å². The van der Waals surface area contributed by atoms with Crippen molar-refractivity contribution in [2.75, 3.05) is 0 Å². The van der Waals surface area contributed by atoms with E-state index >= 15 is 0 Å². The molecule has 0 N–H and O–H groups in total. The van der Waals surface area contributed by atoms with Crippen molar-refractivity contribution in [2.24, 2.45) is 0 Å². The van der Waals surface area contributed by atoms with Gasteiger partial charge in [-0.15, -0.1) is 0 Å². The van der Waals surface area contributed by atoms with E-state index in [2.05, 4.69) is 141 Å². The maximum atomic E-state index is 2.78. The summed E-state index contributed by atoms with van der Waals surface area (Å²) in [5.41, 5.74) is 8.10. The lowest BCUT2D eigenvalue weighted by Crippen LogP contribution is -2.20. The van der Waals surface area contributed by atoms with Crippen molar-refractivity contribution in [2.45, 2.75) is 9.79 Å². The highest BCUT2D eigenvalue weighted by Gasteiger charge is 2.48. The second kappa shape index (κ2) is 6.83. The van der Waals surface area contributed by atoms with E-state index < -0.39 is 10.4 Å². The van der Waals surface area contributed by atoms with Crippen LogP contribution in [0.15, 0.2) is 143 Å². The van der Waals surface area contributed by atoms with Gasteiger partial charge in [-0.05, 0) is 56.4 Å². The van der Waals surface area contributed by atoms with Crippen molar-refractivity contribution in [3.05, 3.63) is 133 Å². The maximum Gasteiger partial charge on any atom is 0.0710 e. The zero-order chi connectivity index (χ0) is 26.4. The van der Waals surface area contributed by atoms with Gasteiger partial charge in [-0.2, -0.15) is 0 Å².